The van der Waals surface area contributed by atoms with E-state index < -0.39 is 0 Å². The Morgan fingerprint density at radius 1 is 1.28 bits per heavy atom. The number of fused-ring (bicyclic) bond motifs is 1. The van der Waals surface area contributed by atoms with Crippen LogP contribution in [0.2, 0.25) is 0 Å². The van der Waals surface area contributed by atoms with Crippen LogP contribution in [0, 0.1) is 25.2 Å². The molecular weight excluding hydrogens is 314 g/mol. The Labute approximate surface area is 150 Å². The lowest BCUT2D eigenvalue weighted by molar-refractivity contribution is -0.134. The first-order valence-electron chi connectivity index (χ1n) is 9.52. The van der Waals surface area contributed by atoms with E-state index in [9.17, 15) is 4.79 Å². The molecule has 0 radical (unpaired) electrons. The summed E-state index contributed by atoms with van der Waals surface area (Å²) in [5.41, 5.74) is 3.25. The second-order valence-corrected chi connectivity index (χ2v) is 7.31. The van der Waals surface area contributed by atoms with Gasteiger partial charge in [0.1, 0.15) is 0 Å². The van der Waals surface area contributed by atoms with Gasteiger partial charge in [-0.05, 0) is 45.2 Å². The van der Waals surface area contributed by atoms with Crippen molar-refractivity contribution < 1.29 is 4.79 Å². The van der Waals surface area contributed by atoms with Crippen LogP contribution < -0.4 is 0 Å². The SMILES string of the molecule is Cc1nn(CCC#N)c(C)c1CCC(=O)N1CCN2CCCC[C@H]2C1. The van der Waals surface area contributed by atoms with Crippen molar-refractivity contribution in [3.8, 4) is 6.07 Å². The minimum absolute atomic E-state index is 0.272. The highest BCUT2D eigenvalue weighted by Crippen LogP contribution is 2.22. The van der Waals surface area contributed by atoms with E-state index >= 15 is 0 Å². The third-order valence-corrected chi connectivity index (χ3v) is 5.75. The molecule has 2 aliphatic heterocycles. The molecule has 0 spiro atoms. The van der Waals surface area contributed by atoms with Crippen LogP contribution in [0.3, 0.4) is 0 Å². The number of aromatic nitrogens is 2. The summed E-state index contributed by atoms with van der Waals surface area (Å²) in [5, 5.41) is 13.3. The molecule has 25 heavy (non-hydrogen) atoms. The van der Waals surface area contributed by atoms with E-state index in [0.717, 1.165) is 37.4 Å². The predicted molar refractivity (Wildman–Crippen MR) is 96.0 cm³/mol. The van der Waals surface area contributed by atoms with Gasteiger partial charge in [0.05, 0.1) is 24.7 Å². The van der Waals surface area contributed by atoms with Crippen LogP contribution >= 0.6 is 0 Å². The number of amides is 1. The molecular formula is C19H29N5O. The quantitative estimate of drug-likeness (QED) is 0.821. The third-order valence-electron chi connectivity index (χ3n) is 5.75. The van der Waals surface area contributed by atoms with Crippen molar-refractivity contribution in [2.45, 2.75) is 65.0 Å². The Bertz CT molecular complexity index is 660. The van der Waals surface area contributed by atoms with Gasteiger partial charge in [-0.1, -0.05) is 6.42 Å². The molecule has 1 atom stereocenters. The molecule has 1 aromatic heterocycles. The molecule has 6 heteroatoms. The number of nitrogens with zero attached hydrogens (tertiary/aromatic N) is 5. The van der Waals surface area contributed by atoms with Crippen molar-refractivity contribution in [1.82, 2.24) is 19.6 Å². The second kappa shape index (κ2) is 8.01. The molecule has 0 unspecified atom stereocenters. The first-order valence-corrected chi connectivity index (χ1v) is 9.52. The molecule has 6 nitrogen and oxygen atoms in total. The van der Waals surface area contributed by atoms with Gasteiger partial charge in [0.2, 0.25) is 5.91 Å². The number of piperidine rings is 1. The summed E-state index contributed by atoms with van der Waals surface area (Å²) in [6.45, 7) is 8.66. The average Bonchev–Trinajstić information content (AvgIpc) is 2.90. The molecule has 1 amide bonds. The van der Waals surface area contributed by atoms with Gasteiger partial charge in [-0.3, -0.25) is 14.4 Å². The van der Waals surface area contributed by atoms with Crippen molar-refractivity contribution in [2.75, 3.05) is 26.2 Å². The van der Waals surface area contributed by atoms with Crippen molar-refractivity contribution in [3.05, 3.63) is 17.0 Å². The van der Waals surface area contributed by atoms with Gasteiger partial charge < -0.3 is 4.90 Å². The lowest BCUT2D eigenvalue weighted by Crippen LogP contribution is -2.56. The van der Waals surface area contributed by atoms with Gasteiger partial charge in [-0.2, -0.15) is 10.4 Å². The van der Waals surface area contributed by atoms with Crippen molar-refractivity contribution in [3.63, 3.8) is 0 Å². The normalized spacial score (nSPS) is 21.0. The summed E-state index contributed by atoms with van der Waals surface area (Å²) in [7, 11) is 0. The van der Waals surface area contributed by atoms with Crippen LogP contribution in [-0.2, 0) is 17.8 Å². The summed E-state index contributed by atoms with van der Waals surface area (Å²) in [6, 6.07) is 2.74. The van der Waals surface area contributed by atoms with Gasteiger partial charge in [0, 0.05) is 37.8 Å². The smallest absolute Gasteiger partial charge is 0.223 e. The molecule has 3 rings (SSSR count). The number of piperazine rings is 1. The van der Waals surface area contributed by atoms with Gasteiger partial charge in [-0.25, -0.2) is 0 Å². The highest BCUT2D eigenvalue weighted by atomic mass is 16.2. The molecule has 1 aromatic rings. The minimum Gasteiger partial charge on any atom is -0.340 e. The van der Waals surface area contributed by atoms with Gasteiger partial charge >= 0.3 is 0 Å². The van der Waals surface area contributed by atoms with Crippen LogP contribution in [0.15, 0.2) is 0 Å². The summed E-state index contributed by atoms with van der Waals surface area (Å²) < 4.78 is 1.90. The Morgan fingerprint density at radius 2 is 2.12 bits per heavy atom. The third kappa shape index (κ3) is 4.04. The second-order valence-electron chi connectivity index (χ2n) is 7.31. The van der Waals surface area contributed by atoms with Crippen LogP contribution in [0.25, 0.3) is 0 Å². The van der Waals surface area contributed by atoms with Crippen LogP contribution in [0.5, 0.6) is 0 Å². The van der Waals surface area contributed by atoms with E-state index in [2.05, 4.69) is 21.0 Å². The molecule has 0 aromatic carbocycles. The number of hydrogen-bond donors (Lipinski definition) is 0. The van der Waals surface area contributed by atoms with Crippen molar-refractivity contribution in [1.29, 1.82) is 5.26 Å². The molecule has 0 bridgehead atoms. The Kier molecular flexibility index (Phi) is 5.74. The van der Waals surface area contributed by atoms with Gasteiger partial charge in [0.15, 0.2) is 0 Å². The first-order chi connectivity index (χ1) is 12.1. The highest BCUT2D eigenvalue weighted by molar-refractivity contribution is 5.76. The van der Waals surface area contributed by atoms with Crippen molar-refractivity contribution in [2.24, 2.45) is 0 Å². The predicted octanol–water partition coefficient (Wildman–Crippen LogP) is 2.04. The molecule has 2 saturated heterocycles. The van der Waals surface area contributed by atoms with Crippen LogP contribution in [0.1, 0.15) is 49.1 Å². The Balaban J connectivity index is 1.56. The number of carbonyl (C=O) groups is 1. The summed E-state index contributed by atoms with van der Waals surface area (Å²) >= 11 is 0. The molecule has 2 fully saturated rings. The monoisotopic (exact) mass is 343 g/mol. The maximum atomic E-state index is 12.7. The number of aryl methyl sites for hydroxylation is 2. The summed E-state index contributed by atoms with van der Waals surface area (Å²) in [5.74, 6) is 0.272. The molecule has 2 aliphatic rings. The van der Waals surface area contributed by atoms with E-state index in [0.29, 0.717) is 25.4 Å². The Hall–Kier alpha value is -1.87. The van der Waals surface area contributed by atoms with Crippen LogP contribution in [0.4, 0.5) is 0 Å². The first kappa shape index (κ1) is 17.9. The fraction of sp³-hybridized carbons (Fsp3) is 0.737. The molecule has 0 saturated carbocycles. The Morgan fingerprint density at radius 3 is 2.92 bits per heavy atom. The standard InChI is InChI=1S/C19H29N5O/c1-15-18(16(2)24(21-15)11-5-9-20)7-8-19(25)23-13-12-22-10-4-3-6-17(22)14-23/h17H,3-8,10-14H2,1-2H3/t17-/m0/s1. The van der Waals surface area contributed by atoms with Gasteiger partial charge in [-0.15, -0.1) is 0 Å². The van der Waals surface area contributed by atoms with Gasteiger partial charge in [0.25, 0.3) is 0 Å². The van der Waals surface area contributed by atoms with E-state index in [1.165, 1.54) is 31.4 Å². The minimum atomic E-state index is 0.272. The molecule has 136 valence electrons. The molecule has 0 aliphatic carbocycles. The number of rotatable bonds is 5. The number of carbonyl (C=O) groups excluding carboxylic acids is 1. The number of nitriles is 1. The highest BCUT2D eigenvalue weighted by Gasteiger charge is 2.30. The van der Waals surface area contributed by atoms with E-state index in [4.69, 9.17) is 5.26 Å². The molecule has 0 N–H and O–H groups in total. The van der Waals surface area contributed by atoms with E-state index in [1.54, 1.807) is 0 Å². The maximum Gasteiger partial charge on any atom is 0.223 e. The van der Waals surface area contributed by atoms with E-state index in [1.807, 2.05) is 18.5 Å². The lowest BCUT2D eigenvalue weighted by Gasteiger charge is -2.44. The zero-order valence-corrected chi connectivity index (χ0v) is 15.5. The largest absolute Gasteiger partial charge is 0.340 e. The average molecular weight is 343 g/mol. The fourth-order valence-electron chi connectivity index (χ4n) is 4.24. The zero-order valence-electron chi connectivity index (χ0n) is 15.5. The topological polar surface area (TPSA) is 65.2 Å². The van der Waals surface area contributed by atoms with Crippen molar-refractivity contribution >= 4 is 5.91 Å². The van der Waals surface area contributed by atoms with Crippen LogP contribution in [-0.4, -0.2) is 57.7 Å². The summed E-state index contributed by atoms with van der Waals surface area (Å²) in [4.78, 5) is 17.3. The zero-order chi connectivity index (χ0) is 17.8. The fourth-order valence-corrected chi connectivity index (χ4v) is 4.24. The maximum absolute atomic E-state index is 12.7. The lowest BCUT2D eigenvalue weighted by atomic mass is 9.99. The number of hydrogen-bond acceptors (Lipinski definition) is 4. The molecule has 3 heterocycles. The summed E-state index contributed by atoms with van der Waals surface area (Å²) in [6.07, 6.45) is 5.59. The van der Waals surface area contributed by atoms with E-state index in [-0.39, 0.29) is 5.91 Å².